The maximum atomic E-state index is 11.9. The lowest BCUT2D eigenvalue weighted by atomic mass is 10.0. The quantitative estimate of drug-likeness (QED) is 0.858. The van der Waals surface area contributed by atoms with Gasteiger partial charge in [0.15, 0.2) is 0 Å². The molecular weight excluding hydrogens is 244 g/mol. The van der Waals surface area contributed by atoms with E-state index in [4.69, 9.17) is 9.47 Å². The summed E-state index contributed by atoms with van der Waals surface area (Å²) in [7, 11) is 4.69. The molecule has 19 heavy (non-hydrogen) atoms. The van der Waals surface area contributed by atoms with Gasteiger partial charge in [-0.3, -0.25) is 0 Å². The molecule has 5 nitrogen and oxygen atoms in total. The number of carbonyl (C=O) groups excluding carboxylic acids is 1. The van der Waals surface area contributed by atoms with Gasteiger partial charge in [0.25, 0.3) is 0 Å². The highest BCUT2D eigenvalue weighted by Gasteiger charge is 2.17. The maximum absolute atomic E-state index is 11.9. The summed E-state index contributed by atoms with van der Waals surface area (Å²) in [5, 5.41) is 3.69. The molecule has 2 rings (SSSR count). The van der Waals surface area contributed by atoms with Gasteiger partial charge in [-0.1, -0.05) is 6.07 Å². The third-order valence-electron chi connectivity index (χ3n) is 3.01. The number of aryl methyl sites for hydroxylation is 1. The van der Waals surface area contributed by atoms with E-state index >= 15 is 0 Å². The summed E-state index contributed by atoms with van der Waals surface area (Å²) in [6.45, 7) is 1.93. The molecule has 0 atom stereocenters. The van der Waals surface area contributed by atoms with E-state index in [9.17, 15) is 4.79 Å². The van der Waals surface area contributed by atoms with E-state index < -0.39 is 0 Å². The number of hydrogen-bond acceptors (Lipinski definition) is 5. The molecule has 2 aromatic rings. The van der Waals surface area contributed by atoms with Crippen molar-refractivity contribution in [2.75, 3.05) is 26.6 Å². The van der Waals surface area contributed by atoms with Crippen molar-refractivity contribution in [3.8, 4) is 5.75 Å². The van der Waals surface area contributed by atoms with Crippen LogP contribution in [0.3, 0.4) is 0 Å². The first-order valence-electron chi connectivity index (χ1n) is 5.86. The number of rotatable bonds is 3. The summed E-state index contributed by atoms with van der Waals surface area (Å²) in [6.07, 6.45) is 0. The minimum atomic E-state index is -0.389. The summed E-state index contributed by atoms with van der Waals surface area (Å²) < 4.78 is 10.1. The highest BCUT2D eigenvalue weighted by atomic mass is 16.5. The second kappa shape index (κ2) is 5.14. The molecule has 0 unspecified atom stereocenters. The minimum absolute atomic E-state index is 0.389. The molecule has 0 aliphatic carbocycles. The van der Waals surface area contributed by atoms with E-state index in [2.05, 4.69) is 10.3 Å². The van der Waals surface area contributed by atoms with Crippen molar-refractivity contribution >= 4 is 22.7 Å². The van der Waals surface area contributed by atoms with Crippen LogP contribution < -0.4 is 10.1 Å². The number of nitrogens with one attached hydrogen (secondary N) is 1. The molecule has 0 amide bonds. The van der Waals surface area contributed by atoms with Gasteiger partial charge in [-0.05, 0) is 24.6 Å². The van der Waals surface area contributed by atoms with Gasteiger partial charge in [0.1, 0.15) is 17.1 Å². The zero-order valence-corrected chi connectivity index (χ0v) is 11.4. The Kier molecular flexibility index (Phi) is 3.55. The van der Waals surface area contributed by atoms with Crippen LogP contribution in [0.15, 0.2) is 18.2 Å². The van der Waals surface area contributed by atoms with Crippen molar-refractivity contribution in [1.29, 1.82) is 0 Å². The van der Waals surface area contributed by atoms with E-state index in [1.165, 1.54) is 7.11 Å². The van der Waals surface area contributed by atoms with Crippen molar-refractivity contribution in [2.45, 2.75) is 6.92 Å². The topological polar surface area (TPSA) is 60.5 Å². The van der Waals surface area contributed by atoms with Gasteiger partial charge in [0, 0.05) is 12.4 Å². The zero-order valence-electron chi connectivity index (χ0n) is 11.4. The fraction of sp³-hybridized carbons (Fsp3) is 0.286. The van der Waals surface area contributed by atoms with Gasteiger partial charge in [0.2, 0.25) is 0 Å². The Morgan fingerprint density at radius 1 is 1.32 bits per heavy atom. The lowest BCUT2D eigenvalue weighted by Gasteiger charge is -2.12. The summed E-state index contributed by atoms with van der Waals surface area (Å²) >= 11 is 0. The Morgan fingerprint density at radius 3 is 2.63 bits per heavy atom. The number of carbonyl (C=O) groups is 1. The average Bonchev–Trinajstić information content (AvgIpc) is 2.45. The van der Waals surface area contributed by atoms with E-state index in [1.54, 1.807) is 20.2 Å². The molecule has 0 fully saturated rings. The molecule has 5 heteroatoms. The van der Waals surface area contributed by atoms with E-state index in [1.807, 2.05) is 19.1 Å². The molecule has 0 aliphatic rings. The highest BCUT2D eigenvalue weighted by Crippen LogP contribution is 2.31. The number of nitrogens with zero attached hydrogens (tertiary/aromatic N) is 1. The van der Waals surface area contributed by atoms with Crippen LogP contribution in [0.4, 0.5) is 5.82 Å². The Balaban J connectivity index is 2.89. The molecule has 0 bridgehead atoms. The minimum Gasteiger partial charge on any atom is -0.494 e. The number of benzene rings is 1. The zero-order chi connectivity index (χ0) is 14.0. The first-order valence-corrected chi connectivity index (χ1v) is 5.86. The number of ether oxygens (including phenoxy) is 2. The summed E-state index contributed by atoms with van der Waals surface area (Å²) in [6, 6.07) is 5.42. The Bertz CT molecular complexity index is 638. The first kappa shape index (κ1) is 13.1. The number of esters is 1. The Hall–Kier alpha value is -2.30. The Morgan fingerprint density at radius 2 is 2.05 bits per heavy atom. The lowest BCUT2D eigenvalue weighted by Crippen LogP contribution is -2.06. The van der Waals surface area contributed by atoms with E-state index in [0.29, 0.717) is 22.6 Å². The second-order valence-corrected chi connectivity index (χ2v) is 4.10. The smallest absolute Gasteiger partial charge is 0.338 e. The molecule has 1 aromatic carbocycles. The third-order valence-corrected chi connectivity index (χ3v) is 3.01. The SMILES string of the molecule is CNc1cc(C(=O)OC)c2c(C)ccc(OC)c2n1. The molecule has 100 valence electrons. The number of aromatic nitrogens is 1. The highest BCUT2D eigenvalue weighted by molar-refractivity contribution is 6.07. The number of hydrogen-bond donors (Lipinski definition) is 1. The molecule has 1 N–H and O–H groups in total. The molecule has 0 aliphatic heterocycles. The van der Waals surface area contributed by atoms with Gasteiger partial charge in [-0.2, -0.15) is 0 Å². The van der Waals surface area contributed by atoms with Gasteiger partial charge >= 0.3 is 5.97 Å². The average molecular weight is 260 g/mol. The second-order valence-electron chi connectivity index (χ2n) is 4.10. The molecule has 1 heterocycles. The predicted octanol–water partition coefficient (Wildman–Crippen LogP) is 2.38. The van der Waals surface area contributed by atoms with Crippen LogP contribution in [0.5, 0.6) is 5.75 Å². The van der Waals surface area contributed by atoms with Crippen LogP contribution >= 0.6 is 0 Å². The number of anilines is 1. The molecule has 0 saturated heterocycles. The molecule has 1 aromatic heterocycles. The number of fused-ring (bicyclic) bond motifs is 1. The largest absolute Gasteiger partial charge is 0.494 e. The van der Waals surface area contributed by atoms with Gasteiger partial charge in [-0.25, -0.2) is 9.78 Å². The standard InChI is InChI=1S/C14H16N2O3/c1-8-5-6-10(18-3)13-12(8)9(14(17)19-4)7-11(15-2)16-13/h5-7H,1-4H3,(H,15,16). The monoisotopic (exact) mass is 260 g/mol. The first-order chi connectivity index (χ1) is 9.12. The van der Waals surface area contributed by atoms with Crippen LogP contribution in [0.25, 0.3) is 10.9 Å². The molecular formula is C14H16N2O3. The summed E-state index contributed by atoms with van der Waals surface area (Å²) in [5.74, 6) is 0.833. The van der Waals surface area contributed by atoms with Crippen molar-refractivity contribution < 1.29 is 14.3 Å². The Labute approximate surface area is 111 Å². The third kappa shape index (κ3) is 2.19. The number of methoxy groups -OCH3 is 2. The predicted molar refractivity (Wildman–Crippen MR) is 73.9 cm³/mol. The summed E-state index contributed by atoms with van der Waals surface area (Å²) in [4.78, 5) is 16.4. The van der Waals surface area contributed by atoms with Crippen LogP contribution in [0, 0.1) is 6.92 Å². The molecule has 0 saturated carbocycles. The fourth-order valence-corrected chi connectivity index (χ4v) is 2.05. The van der Waals surface area contributed by atoms with Gasteiger partial charge in [0.05, 0.1) is 19.8 Å². The molecule has 0 radical (unpaired) electrons. The van der Waals surface area contributed by atoms with Crippen molar-refractivity contribution in [3.63, 3.8) is 0 Å². The van der Waals surface area contributed by atoms with Crippen molar-refractivity contribution in [2.24, 2.45) is 0 Å². The van der Waals surface area contributed by atoms with Gasteiger partial charge < -0.3 is 14.8 Å². The van der Waals surface area contributed by atoms with Crippen molar-refractivity contribution in [1.82, 2.24) is 4.98 Å². The van der Waals surface area contributed by atoms with Crippen LogP contribution in [0.2, 0.25) is 0 Å². The van der Waals surface area contributed by atoms with Crippen molar-refractivity contribution in [3.05, 3.63) is 29.3 Å². The fourth-order valence-electron chi connectivity index (χ4n) is 2.05. The van der Waals surface area contributed by atoms with E-state index in [-0.39, 0.29) is 5.97 Å². The van der Waals surface area contributed by atoms with E-state index in [0.717, 1.165) is 10.9 Å². The number of pyridine rings is 1. The maximum Gasteiger partial charge on any atom is 0.338 e. The van der Waals surface area contributed by atoms with Gasteiger partial charge in [-0.15, -0.1) is 0 Å². The normalized spacial score (nSPS) is 10.3. The van der Waals surface area contributed by atoms with Crippen LogP contribution in [-0.4, -0.2) is 32.2 Å². The summed E-state index contributed by atoms with van der Waals surface area (Å²) in [5.41, 5.74) is 2.08. The van der Waals surface area contributed by atoms with Crippen LogP contribution in [-0.2, 0) is 4.74 Å². The molecule has 0 spiro atoms. The van der Waals surface area contributed by atoms with Crippen LogP contribution in [0.1, 0.15) is 15.9 Å². The lowest BCUT2D eigenvalue weighted by molar-refractivity contribution is 0.0603.